The lowest BCUT2D eigenvalue weighted by Crippen LogP contribution is -2.32. The van der Waals surface area contributed by atoms with Crippen LogP contribution < -0.4 is 0 Å². The van der Waals surface area contributed by atoms with Gasteiger partial charge in [0.25, 0.3) is 0 Å². The minimum Gasteiger partial charge on any atom is -0.152 e. The Balaban J connectivity index is 1.89. The van der Waals surface area contributed by atoms with Crippen LogP contribution in [0.25, 0.3) is 0 Å². The molecule has 18 heavy (non-hydrogen) atoms. The zero-order chi connectivity index (χ0) is 13.2. The summed E-state index contributed by atoms with van der Waals surface area (Å²) in [6, 6.07) is 2.25. The predicted octanol–water partition coefficient (Wildman–Crippen LogP) is 5.75. The van der Waals surface area contributed by atoms with Crippen LogP contribution in [0.1, 0.15) is 52.0 Å². The highest BCUT2D eigenvalue weighted by molar-refractivity contribution is 7.07. The number of hydrogen-bond acceptors (Lipinski definition) is 1. The number of aryl methyl sites for hydroxylation is 1. The highest BCUT2D eigenvalue weighted by Crippen LogP contribution is 2.43. The summed E-state index contributed by atoms with van der Waals surface area (Å²) in [7, 11) is 0. The third kappa shape index (κ3) is 3.74. The molecule has 2 rings (SSSR count). The Labute approximate surface area is 121 Å². The summed E-state index contributed by atoms with van der Waals surface area (Å²) in [6.07, 6.45) is 6.30. The fourth-order valence-corrected chi connectivity index (χ4v) is 4.16. The summed E-state index contributed by atoms with van der Waals surface area (Å²) < 4.78 is 0. The van der Waals surface area contributed by atoms with E-state index in [9.17, 15) is 0 Å². The number of thiophene rings is 1. The van der Waals surface area contributed by atoms with Crippen molar-refractivity contribution in [2.45, 2.75) is 58.3 Å². The van der Waals surface area contributed by atoms with E-state index in [1.807, 2.05) is 0 Å². The fourth-order valence-electron chi connectivity index (χ4n) is 3.10. The Kier molecular flexibility index (Phi) is 4.77. The molecular formula is C16H25ClS. The highest BCUT2D eigenvalue weighted by atomic mass is 35.5. The van der Waals surface area contributed by atoms with Crippen LogP contribution in [0.5, 0.6) is 0 Å². The molecule has 0 aliphatic heterocycles. The maximum Gasteiger partial charge on any atom is 0.0364 e. The first-order valence-corrected chi connectivity index (χ1v) is 8.50. The van der Waals surface area contributed by atoms with Gasteiger partial charge in [0.1, 0.15) is 0 Å². The van der Waals surface area contributed by atoms with Gasteiger partial charge in [0, 0.05) is 5.38 Å². The first-order chi connectivity index (χ1) is 8.47. The van der Waals surface area contributed by atoms with Gasteiger partial charge in [-0.2, -0.15) is 11.3 Å². The van der Waals surface area contributed by atoms with Crippen LogP contribution in [0.3, 0.4) is 0 Å². The van der Waals surface area contributed by atoms with E-state index in [0.29, 0.717) is 16.7 Å². The Morgan fingerprint density at radius 1 is 1.33 bits per heavy atom. The Bertz CT molecular complexity index is 350. The minimum absolute atomic E-state index is 0.405. The van der Waals surface area contributed by atoms with Crippen LogP contribution >= 0.6 is 22.9 Å². The topological polar surface area (TPSA) is 0 Å². The predicted molar refractivity (Wildman–Crippen MR) is 82.6 cm³/mol. The number of rotatable bonds is 3. The third-order valence-corrected chi connectivity index (χ3v) is 5.80. The molecule has 2 heteroatoms. The zero-order valence-corrected chi connectivity index (χ0v) is 13.4. The normalized spacial score (nSPS) is 29.4. The lowest BCUT2D eigenvalue weighted by atomic mass is 9.68. The fraction of sp³-hybridized carbons (Fsp3) is 0.750. The van der Waals surface area contributed by atoms with Gasteiger partial charge >= 0.3 is 0 Å². The molecule has 0 saturated heterocycles. The summed E-state index contributed by atoms with van der Waals surface area (Å²) in [4.78, 5) is 0. The van der Waals surface area contributed by atoms with E-state index in [-0.39, 0.29) is 0 Å². The smallest absolute Gasteiger partial charge is 0.0364 e. The summed E-state index contributed by atoms with van der Waals surface area (Å²) in [6.45, 7) is 7.13. The maximum atomic E-state index is 6.54. The largest absolute Gasteiger partial charge is 0.152 e. The van der Waals surface area contributed by atoms with E-state index in [2.05, 4.69) is 37.6 Å². The van der Waals surface area contributed by atoms with Crippen LogP contribution in [0.2, 0.25) is 0 Å². The molecule has 102 valence electrons. The van der Waals surface area contributed by atoms with E-state index < -0.39 is 0 Å². The van der Waals surface area contributed by atoms with Crippen LogP contribution in [0.15, 0.2) is 16.8 Å². The molecule has 0 bridgehead atoms. The third-order valence-electron chi connectivity index (χ3n) is 4.50. The van der Waals surface area contributed by atoms with Gasteiger partial charge in [-0.15, -0.1) is 11.6 Å². The maximum absolute atomic E-state index is 6.54. The zero-order valence-electron chi connectivity index (χ0n) is 11.8. The van der Waals surface area contributed by atoms with Crippen molar-refractivity contribution in [1.82, 2.24) is 0 Å². The Morgan fingerprint density at radius 2 is 2.11 bits per heavy atom. The molecule has 1 aromatic rings. The standard InChI is InChI=1S/C16H25ClS/c1-16(2,3)14-6-7-15(17)13(10-14)5-4-12-8-9-18-11-12/h8-9,11,13-15H,4-7,10H2,1-3H3. The molecule has 1 aromatic heterocycles. The molecule has 0 spiro atoms. The number of alkyl halides is 1. The summed E-state index contributed by atoms with van der Waals surface area (Å²) in [5, 5.41) is 4.85. The monoisotopic (exact) mass is 284 g/mol. The van der Waals surface area contributed by atoms with Crippen LogP contribution in [0, 0.1) is 17.3 Å². The Hall–Kier alpha value is -0.0100. The minimum atomic E-state index is 0.405. The van der Waals surface area contributed by atoms with Gasteiger partial charge in [-0.1, -0.05) is 20.8 Å². The van der Waals surface area contributed by atoms with Crippen molar-refractivity contribution in [2.75, 3.05) is 0 Å². The molecule has 1 saturated carbocycles. The molecule has 0 amide bonds. The molecular weight excluding hydrogens is 260 g/mol. The molecule has 1 aliphatic carbocycles. The second-order valence-corrected chi connectivity index (χ2v) is 8.16. The van der Waals surface area contributed by atoms with Gasteiger partial charge in [0.05, 0.1) is 0 Å². The number of halogens is 1. The molecule has 0 N–H and O–H groups in total. The second-order valence-electron chi connectivity index (χ2n) is 6.82. The summed E-state index contributed by atoms with van der Waals surface area (Å²) >= 11 is 8.34. The van der Waals surface area contributed by atoms with Gasteiger partial charge in [0.15, 0.2) is 0 Å². The molecule has 1 fully saturated rings. The first-order valence-electron chi connectivity index (χ1n) is 7.12. The SMILES string of the molecule is CC(C)(C)C1CCC(Cl)C(CCc2ccsc2)C1. The van der Waals surface area contributed by atoms with Crippen molar-refractivity contribution >= 4 is 22.9 Å². The van der Waals surface area contributed by atoms with Gasteiger partial charge in [-0.25, -0.2) is 0 Å². The average Bonchev–Trinajstić information content (AvgIpc) is 2.79. The van der Waals surface area contributed by atoms with Gasteiger partial charge in [-0.05, 0) is 71.7 Å². The average molecular weight is 285 g/mol. The van der Waals surface area contributed by atoms with Crippen LogP contribution in [-0.2, 0) is 6.42 Å². The van der Waals surface area contributed by atoms with Crippen molar-refractivity contribution in [2.24, 2.45) is 17.3 Å². The van der Waals surface area contributed by atoms with Crippen molar-refractivity contribution in [3.05, 3.63) is 22.4 Å². The van der Waals surface area contributed by atoms with E-state index in [1.165, 1.54) is 37.7 Å². The molecule has 1 aliphatic rings. The lowest BCUT2D eigenvalue weighted by Gasteiger charge is -2.40. The van der Waals surface area contributed by atoms with E-state index in [1.54, 1.807) is 11.3 Å². The van der Waals surface area contributed by atoms with E-state index >= 15 is 0 Å². The quantitative estimate of drug-likeness (QED) is 0.620. The molecule has 0 nitrogen and oxygen atoms in total. The van der Waals surface area contributed by atoms with Crippen LogP contribution in [-0.4, -0.2) is 5.38 Å². The van der Waals surface area contributed by atoms with Crippen molar-refractivity contribution in [3.63, 3.8) is 0 Å². The van der Waals surface area contributed by atoms with Crippen molar-refractivity contribution < 1.29 is 0 Å². The van der Waals surface area contributed by atoms with Gasteiger partial charge in [-0.3, -0.25) is 0 Å². The van der Waals surface area contributed by atoms with Crippen molar-refractivity contribution in [3.8, 4) is 0 Å². The molecule has 0 aromatic carbocycles. The number of hydrogen-bond donors (Lipinski definition) is 0. The van der Waals surface area contributed by atoms with Gasteiger partial charge < -0.3 is 0 Å². The molecule has 3 unspecified atom stereocenters. The highest BCUT2D eigenvalue weighted by Gasteiger charge is 2.34. The molecule has 1 heterocycles. The Morgan fingerprint density at radius 3 is 2.72 bits per heavy atom. The first kappa shape index (κ1) is 14.4. The lowest BCUT2D eigenvalue weighted by molar-refractivity contribution is 0.140. The summed E-state index contributed by atoms with van der Waals surface area (Å²) in [5.41, 5.74) is 1.93. The molecule has 0 radical (unpaired) electrons. The van der Waals surface area contributed by atoms with Gasteiger partial charge in [0.2, 0.25) is 0 Å². The van der Waals surface area contributed by atoms with E-state index in [4.69, 9.17) is 11.6 Å². The van der Waals surface area contributed by atoms with Crippen LogP contribution in [0.4, 0.5) is 0 Å². The second kappa shape index (κ2) is 5.96. The molecule has 3 atom stereocenters. The summed E-state index contributed by atoms with van der Waals surface area (Å²) in [5.74, 6) is 1.56. The van der Waals surface area contributed by atoms with E-state index in [0.717, 1.165) is 5.92 Å². The van der Waals surface area contributed by atoms with Crippen molar-refractivity contribution in [1.29, 1.82) is 0 Å².